The first-order valence-corrected chi connectivity index (χ1v) is 7.85. The molecule has 1 N–H and O–H groups in total. The summed E-state index contributed by atoms with van der Waals surface area (Å²) in [5.74, 6) is 1.21. The Morgan fingerprint density at radius 2 is 1.83 bits per heavy atom. The minimum atomic E-state index is 0.217. The highest BCUT2D eigenvalue weighted by Gasteiger charge is 2.16. The predicted molar refractivity (Wildman–Crippen MR) is 94.1 cm³/mol. The number of anilines is 1. The highest BCUT2D eigenvalue weighted by Crippen LogP contribution is 2.37. The Kier molecular flexibility index (Phi) is 4.49. The molecular formula is C17H18ClN3O3. The van der Waals surface area contributed by atoms with Crippen LogP contribution in [-0.4, -0.2) is 30.2 Å². The molecule has 0 amide bonds. The van der Waals surface area contributed by atoms with Gasteiger partial charge in [-0.2, -0.15) is 4.98 Å². The minimum absolute atomic E-state index is 0.217. The van der Waals surface area contributed by atoms with Gasteiger partial charge in [0.1, 0.15) is 28.5 Å². The molecule has 0 fully saturated rings. The molecule has 0 aliphatic heterocycles. The highest BCUT2D eigenvalue weighted by molar-refractivity contribution is 6.36. The number of hydrogen-bond donors (Lipinski definition) is 1. The fourth-order valence-electron chi connectivity index (χ4n) is 2.37. The van der Waals surface area contributed by atoms with Crippen LogP contribution in [0.1, 0.15) is 13.8 Å². The van der Waals surface area contributed by atoms with Crippen LogP contribution in [0.4, 0.5) is 6.01 Å². The average Bonchev–Trinajstić information content (AvgIpc) is 3.02. The maximum atomic E-state index is 6.40. The molecule has 0 spiro atoms. The van der Waals surface area contributed by atoms with E-state index in [0.717, 1.165) is 5.39 Å². The summed E-state index contributed by atoms with van der Waals surface area (Å²) in [6.45, 7) is 4.01. The number of halogens is 1. The summed E-state index contributed by atoms with van der Waals surface area (Å²) in [7, 11) is 3.17. The number of hydrogen-bond acceptors (Lipinski definition) is 6. The molecule has 2 heterocycles. The third kappa shape index (κ3) is 2.97. The van der Waals surface area contributed by atoms with E-state index >= 15 is 0 Å². The van der Waals surface area contributed by atoms with Crippen molar-refractivity contribution in [1.82, 2.24) is 9.97 Å². The lowest BCUT2D eigenvalue weighted by Crippen LogP contribution is -2.09. The van der Waals surface area contributed by atoms with Gasteiger partial charge in [-0.1, -0.05) is 11.6 Å². The zero-order valence-corrected chi connectivity index (χ0v) is 14.6. The van der Waals surface area contributed by atoms with E-state index in [4.69, 9.17) is 25.5 Å². The van der Waals surface area contributed by atoms with Gasteiger partial charge in [-0.05, 0) is 26.0 Å². The van der Waals surface area contributed by atoms with Crippen LogP contribution >= 0.6 is 11.6 Å². The average molecular weight is 348 g/mol. The van der Waals surface area contributed by atoms with Crippen molar-refractivity contribution in [1.29, 1.82) is 0 Å². The summed E-state index contributed by atoms with van der Waals surface area (Å²) >= 11 is 6.40. The van der Waals surface area contributed by atoms with E-state index in [2.05, 4.69) is 15.3 Å². The molecule has 3 aromatic rings. The van der Waals surface area contributed by atoms with Gasteiger partial charge in [0, 0.05) is 17.5 Å². The van der Waals surface area contributed by atoms with Gasteiger partial charge in [0.05, 0.1) is 25.4 Å². The standard InChI is InChI=1S/C17H18ClN3O3/c1-9(2)19-17-21-12(8-24-17)11-7-14(23-4)10-5-6-13(22-3)15(18)16(10)20-11/h5-9H,1-4H3,(H,19,21). The lowest BCUT2D eigenvalue weighted by Gasteiger charge is -2.10. The van der Waals surface area contributed by atoms with E-state index in [9.17, 15) is 0 Å². The van der Waals surface area contributed by atoms with Crippen LogP contribution in [0, 0.1) is 0 Å². The zero-order chi connectivity index (χ0) is 17.3. The van der Waals surface area contributed by atoms with Gasteiger partial charge in [0.25, 0.3) is 6.01 Å². The van der Waals surface area contributed by atoms with Crippen LogP contribution < -0.4 is 14.8 Å². The summed E-state index contributed by atoms with van der Waals surface area (Å²) in [4.78, 5) is 9.02. The number of rotatable bonds is 5. The number of pyridine rings is 1. The number of oxazole rings is 1. The van der Waals surface area contributed by atoms with Crippen molar-refractivity contribution in [2.75, 3.05) is 19.5 Å². The second-order valence-electron chi connectivity index (χ2n) is 5.52. The van der Waals surface area contributed by atoms with Crippen molar-refractivity contribution in [2.24, 2.45) is 0 Å². The Morgan fingerprint density at radius 1 is 1.08 bits per heavy atom. The van der Waals surface area contributed by atoms with Gasteiger partial charge in [0.15, 0.2) is 0 Å². The van der Waals surface area contributed by atoms with Crippen LogP contribution in [-0.2, 0) is 0 Å². The Hall–Kier alpha value is -2.47. The fraction of sp³-hybridized carbons (Fsp3) is 0.294. The molecule has 126 valence electrons. The van der Waals surface area contributed by atoms with Gasteiger partial charge < -0.3 is 19.2 Å². The van der Waals surface area contributed by atoms with Crippen molar-refractivity contribution in [3.8, 4) is 22.9 Å². The van der Waals surface area contributed by atoms with E-state index in [0.29, 0.717) is 39.4 Å². The predicted octanol–water partition coefficient (Wildman–Crippen LogP) is 4.38. The third-order valence-electron chi connectivity index (χ3n) is 3.46. The highest BCUT2D eigenvalue weighted by atomic mass is 35.5. The Labute approximate surface area is 144 Å². The molecule has 0 atom stereocenters. The van der Waals surface area contributed by atoms with E-state index in [-0.39, 0.29) is 6.04 Å². The molecule has 0 bridgehead atoms. The second kappa shape index (κ2) is 6.57. The molecule has 6 nitrogen and oxygen atoms in total. The number of methoxy groups -OCH3 is 2. The Bertz CT molecular complexity index is 877. The van der Waals surface area contributed by atoms with E-state index in [1.54, 1.807) is 26.5 Å². The maximum Gasteiger partial charge on any atom is 0.295 e. The van der Waals surface area contributed by atoms with Crippen molar-refractivity contribution in [2.45, 2.75) is 19.9 Å². The van der Waals surface area contributed by atoms with Gasteiger partial charge in [0.2, 0.25) is 0 Å². The van der Waals surface area contributed by atoms with Crippen LogP contribution in [0.3, 0.4) is 0 Å². The smallest absolute Gasteiger partial charge is 0.295 e. The molecule has 0 aliphatic carbocycles. The Balaban J connectivity index is 2.14. The molecule has 0 saturated carbocycles. The van der Waals surface area contributed by atoms with Crippen LogP contribution in [0.15, 0.2) is 28.9 Å². The SMILES string of the molecule is COc1ccc2c(OC)cc(-c3coc(NC(C)C)n3)nc2c1Cl. The topological polar surface area (TPSA) is 69.4 Å². The zero-order valence-electron chi connectivity index (χ0n) is 13.9. The van der Waals surface area contributed by atoms with Gasteiger partial charge in [-0.3, -0.25) is 0 Å². The number of nitrogens with one attached hydrogen (secondary N) is 1. The lowest BCUT2D eigenvalue weighted by molar-refractivity contribution is 0.414. The molecule has 0 unspecified atom stereocenters. The summed E-state index contributed by atoms with van der Waals surface area (Å²) in [6, 6.07) is 6.12. The molecule has 7 heteroatoms. The van der Waals surface area contributed by atoms with E-state index < -0.39 is 0 Å². The summed E-state index contributed by atoms with van der Waals surface area (Å²) in [5, 5.41) is 4.34. The largest absolute Gasteiger partial charge is 0.496 e. The molecule has 0 saturated heterocycles. The first-order valence-electron chi connectivity index (χ1n) is 7.47. The summed E-state index contributed by atoms with van der Waals surface area (Å²) in [5.41, 5.74) is 1.79. The second-order valence-corrected chi connectivity index (χ2v) is 5.90. The number of ether oxygens (including phenoxy) is 2. The van der Waals surface area contributed by atoms with Crippen molar-refractivity contribution < 1.29 is 13.9 Å². The maximum absolute atomic E-state index is 6.40. The number of fused-ring (bicyclic) bond motifs is 1. The quantitative estimate of drug-likeness (QED) is 0.738. The molecule has 2 aromatic heterocycles. The van der Waals surface area contributed by atoms with Gasteiger partial charge in [-0.15, -0.1) is 0 Å². The van der Waals surface area contributed by atoms with Crippen molar-refractivity contribution in [3.63, 3.8) is 0 Å². The molecule has 0 aliphatic rings. The number of benzene rings is 1. The van der Waals surface area contributed by atoms with Crippen LogP contribution in [0.2, 0.25) is 5.02 Å². The van der Waals surface area contributed by atoms with Crippen LogP contribution in [0.25, 0.3) is 22.3 Å². The Morgan fingerprint density at radius 3 is 2.50 bits per heavy atom. The molecular weight excluding hydrogens is 330 g/mol. The van der Waals surface area contributed by atoms with E-state index in [1.807, 2.05) is 26.0 Å². The number of nitrogens with zero attached hydrogens (tertiary/aromatic N) is 2. The third-order valence-corrected chi connectivity index (χ3v) is 3.83. The molecule has 24 heavy (non-hydrogen) atoms. The minimum Gasteiger partial charge on any atom is -0.496 e. The van der Waals surface area contributed by atoms with Gasteiger partial charge in [-0.25, -0.2) is 4.98 Å². The van der Waals surface area contributed by atoms with Crippen molar-refractivity contribution >= 4 is 28.5 Å². The number of aromatic nitrogens is 2. The van der Waals surface area contributed by atoms with E-state index in [1.165, 1.54) is 0 Å². The molecule has 0 radical (unpaired) electrons. The van der Waals surface area contributed by atoms with Crippen molar-refractivity contribution in [3.05, 3.63) is 29.5 Å². The fourth-order valence-corrected chi connectivity index (χ4v) is 2.66. The first kappa shape index (κ1) is 16.4. The molecule has 1 aromatic carbocycles. The summed E-state index contributed by atoms with van der Waals surface area (Å²) < 4.78 is 16.2. The first-order chi connectivity index (χ1) is 11.5. The monoisotopic (exact) mass is 347 g/mol. The normalized spacial score (nSPS) is 11.1. The van der Waals surface area contributed by atoms with Gasteiger partial charge >= 0.3 is 0 Å². The van der Waals surface area contributed by atoms with Crippen LogP contribution in [0.5, 0.6) is 11.5 Å². The molecule has 3 rings (SSSR count). The summed E-state index contributed by atoms with van der Waals surface area (Å²) in [6.07, 6.45) is 1.55. The lowest BCUT2D eigenvalue weighted by atomic mass is 10.1.